The largest absolute Gasteiger partial charge is 0.464 e. The van der Waals surface area contributed by atoms with Gasteiger partial charge < -0.3 is 14.3 Å². The lowest BCUT2D eigenvalue weighted by Crippen LogP contribution is -2.15. The van der Waals surface area contributed by atoms with Crippen LogP contribution in [0.15, 0.2) is 41.1 Å². The van der Waals surface area contributed by atoms with Gasteiger partial charge in [-0.1, -0.05) is 23.7 Å². The number of nitrogens with zero attached hydrogens (tertiary/aromatic N) is 3. The minimum absolute atomic E-state index is 0.00359. The van der Waals surface area contributed by atoms with Crippen molar-refractivity contribution in [3.8, 4) is 17.3 Å². The molecule has 25 heavy (non-hydrogen) atoms. The van der Waals surface area contributed by atoms with Crippen molar-refractivity contribution in [2.24, 2.45) is 0 Å². The maximum atomic E-state index is 11.9. The second-order valence-electron chi connectivity index (χ2n) is 5.22. The number of carbonyl (C=O) groups excluding carboxylic acids is 1. The number of aliphatic hydroxyl groups excluding tert-OH is 1. The Bertz CT molecular complexity index is 886. The van der Waals surface area contributed by atoms with Gasteiger partial charge in [0.05, 0.1) is 6.61 Å². The van der Waals surface area contributed by atoms with Crippen LogP contribution >= 0.6 is 11.6 Å². The Balaban J connectivity index is 2.11. The highest BCUT2D eigenvalue weighted by Crippen LogP contribution is 2.31. The first-order valence-electron chi connectivity index (χ1n) is 7.63. The van der Waals surface area contributed by atoms with Crippen molar-refractivity contribution in [3.05, 3.63) is 53.3 Å². The Labute approximate surface area is 148 Å². The molecule has 2 heterocycles. The summed E-state index contributed by atoms with van der Waals surface area (Å²) in [5, 5.41) is 10.9. The van der Waals surface area contributed by atoms with Crippen LogP contribution in [0.5, 0.6) is 0 Å². The van der Waals surface area contributed by atoms with E-state index in [4.69, 9.17) is 20.8 Å². The van der Waals surface area contributed by atoms with Gasteiger partial charge in [-0.25, -0.2) is 9.78 Å². The molecule has 8 heteroatoms. The maximum absolute atomic E-state index is 11.9. The van der Waals surface area contributed by atoms with Crippen LogP contribution in [-0.4, -0.2) is 32.2 Å². The third-order valence-electron chi connectivity index (χ3n) is 3.55. The van der Waals surface area contributed by atoms with Crippen molar-refractivity contribution in [1.82, 2.24) is 14.5 Å². The molecule has 0 bridgehead atoms. The normalized spacial score (nSPS) is 12.2. The third-order valence-corrected chi connectivity index (χ3v) is 3.80. The minimum Gasteiger partial charge on any atom is -0.464 e. The van der Waals surface area contributed by atoms with E-state index in [0.717, 1.165) is 0 Å². The summed E-state index contributed by atoms with van der Waals surface area (Å²) in [6, 6.07) is 7.03. The topological polar surface area (TPSA) is 90.4 Å². The van der Waals surface area contributed by atoms with E-state index in [-0.39, 0.29) is 18.4 Å². The molecule has 3 rings (SSSR count). The molecule has 7 nitrogen and oxygen atoms in total. The molecule has 2 aromatic heterocycles. The average Bonchev–Trinajstić information content (AvgIpc) is 3.21. The lowest BCUT2D eigenvalue weighted by molar-refractivity contribution is -0.154. The van der Waals surface area contributed by atoms with E-state index in [2.05, 4.69) is 9.97 Å². The standard InChI is InChI=1S/C17H16ClN3O4/c1-3-24-16(23)14(22)15-13(11-4-6-12(18)7-5-11)20-17(25-15)21-9-8-19-10(21)2/h4-9,14,22H,3H2,1-2H3. The van der Waals surface area contributed by atoms with Crippen molar-refractivity contribution >= 4 is 17.6 Å². The van der Waals surface area contributed by atoms with Gasteiger partial charge in [0, 0.05) is 23.0 Å². The first-order chi connectivity index (χ1) is 12.0. The van der Waals surface area contributed by atoms with Crippen LogP contribution in [0, 0.1) is 6.92 Å². The second kappa shape index (κ2) is 7.08. The van der Waals surface area contributed by atoms with Crippen LogP contribution in [0.1, 0.15) is 24.6 Å². The lowest BCUT2D eigenvalue weighted by atomic mass is 10.1. The van der Waals surface area contributed by atoms with Crippen molar-refractivity contribution in [1.29, 1.82) is 0 Å². The van der Waals surface area contributed by atoms with E-state index in [0.29, 0.717) is 22.1 Å². The van der Waals surface area contributed by atoms with Crippen LogP contribution in [0.3, 0.4) is 0 Å². The summed E-state index contributed by atoms with van der Waals surface area (Å²) in [6.45, 7) is 3.59. The second-order valence-corrected chi connectivity index (χ2v) is 5.65. The molecule has 1 N–H and O–H groups in total. The molecule has 0 radical (unpaired) electrons. The molecule has 1 atom stereocenters. The molecule has 0 saturated carbocycles. The number of hydrogen-bond donors (Lipinski definition) is 1. The van der Waals surface area contributed by atoms with Crippen LogP contribution in [-0.2, 0) is 9.53 Å². The zero-order valence-electron chi connectivity index (χ0n) is 13.6. The van der Waals surface area contributed by atoms with Crippen LogP contribution < -0.4 is 0 Å². The van der Waals surface area contributed by atoms with Crippen LogP contribution in [0.4, 0.5) is 0 Å². The maximum Gasteiger partial charge on any atom is 0.343 e. The van der Waals surface area contributed by atoms with Gasteiger partial charge in [-0.3, -0.25) is 4.57 Å². The van der Waals surface area contributed by atoms with E-state index in [1.54, 1.807) is 55.1 Å². The molecular weight excluding hydrogens is 346 g/mol. The van der Waals surface area contributed by atoms with Crippen LogP contribution in [0.2, 0.25) is 5.02 Å². The van der Waals surface area contributed by atoms with Gasteiger partial charge in [-0.15, -0.1) is 0 Å². The third kappa shape index (κ3) is 3.42. The molecule has 0 aliphatic heterocycles. The Morgan fingerprint density at radius 2 is 2.12 bits per heavy atom. The van der Waals surface area contributed by atoms with Crippen molar-refractivity contribution in [2.75, 3.05) is 6.61 Å². The van der Waals surface area contributed by atoms with Gasteiger partial charge in [0.1, 0.15) is 11.5 Å². The number of carbonyl (C=O) groups is 1. The summed E-state index contributed by atoms with van der Waals surface area (Å²) >= 11 is 5.92. The molecule has 0 aliphatic rings. The average molecular weight is 362 g/mol. The van der Waals surface area contributed by atoms with E-state index in [1.165, 1.54) is 0 Å². The monoisotopic (exact) mass is 361 g/mol. The molecule has 130 valence electrons. The van der Waals surface area contributed by atoms with E-state index < -0.39 is 12.1 Å². The summed E-state index contributed by atoms with van der Waals surface area (Å²) in [7, 11) is 0. The van der Waals surface area contributed by atoms with Crippen LogP contribution in [0.25, 0.3) is 17.3 Å². The Kier molecular flexibility index (Phi) is 4.87. The highest BCUT2D eigenvalue weighted by molar-refractivity contribution is 6.30. The molecule has 1 aromatic carbocycles. The number of hydrogen-bond acceptors (Lipinski definition) is 6. The molecule has 0 fully saturated rings. The zero-order chi connectivity index (χ0) is 18.0. The smallest absolute Gasteiger partial charge is 0.343 e. The zero-order valence-corrected chi connectivity index (χ0v) is 14.4. The van der Waals surface area contributed by atoms with Gasteiger partial charge in [0.2, 0.25) is 6.10 Å². The summed E-state index contributed by atoms with van der Waals surface area (Å²) < 4.78 is 12.2. The number of oxazole rings is 1. The Morgan fingerprint density at radius 3 is 2.72 bits per heavy atom. The van der Waals surface area contributed by atoms with Crippen molar-refractivity contribution in [2.45, 2.75) is 20.0 Å². The minimum atomic E-state index is -1.59. The fraction of sp³-hybridized carbons (Fsp3) is 0.235. The number of aliphatic hydroxyl groups is 1. The SMILES string of the molecule is CCOC(=O)C(O)c1oc(-n2ccnc2C)nc1-c1ccc(Cl)cc1. The summed E-state index contributed by atoms with van der Waals surface area (Å²) in [4.78, 5) is 20.5. The quantitative estimate of drug-likeness (QED) is 0.702. The number of ether oxygens (including phenoxy) is 1. The summed E-state index contributed by atoms with van der Waals surface area (Å²) in [5.41, 5.74) is 0.982. The number of imidazole rings is 1. The predicted molar refractivity (Wildman–Crippen MR) is 90.4 cm³/mol. The number of aromatic nitrogens is 3. The number of aryl methyl sites for hydroxylation is 1. The fourth-order valence-corrected chi connectivity index (χ4v) is 2.46. The predicted octanol–water partition coefficient (Wildman–Crippen LogP) is 3.09. The molecule has 0 amide bonds. The lowest BCUT2D eigenvalue weighted by Gasteiger charge is -2.08. The van der Waals surface area contributed by atoms with Gasteiger partial charge in [0.15, 0.2) is 5.76 Å². The number of benzene rings is 1. The van der Waals surface area contributed by atoms with Gasteiger partial charge >= 0.3 is 12.0 Å². The van der Waals surface area contributed by atoms with Gasteiger partial charge in [-0.05, 0) is 26.0 Å². The number of esters is 1. The number of halogens is 1. The fourth-order valence-electron chi connectivity index (χ4n) is 2.33. The molecule has 3 aromatic rings. The summed E-state index contributed by atoms with van der Waals surface area (Å²) in [6.07, 6.45) is 1.69. The first kappa shape index (κ1) is 17.2. The molecular formula is C17H16ClN3O4. The molecule has 0 spiro atoms. The number of rotatable bonds is 5. The molecule has 0 saturated heterocycles. The van der Waals surface area contributed by atoms with Crippen molar-refractivity contribution < 1.29 is 19.1 Å². The Hall–Kier alpha value is -2.64. The molecule has 0 aliphatic carbocycles. The first-order valence-corrected chi connectivity index (χ1v) is 8.00. The highest BCUT2D eigenvalue weighted by atomic mass is 35.5. The van der Waals surface area contributed by atoms with E-state index >= 15 is 0 Å². The van der Waals surface area contributed by atoms with Crippen molar-refractivity contribution in [3.63, 3.8) is 0 Å². The summed E-state index contributed by atoms with van der Waals surface area (Å²) in [5.74, 6) is -0.146. The Morgan fingerprint density at radius 1 is 1.40 bits per heavy atom. The van der Waals surface area contributed by atoms with E-state index in [9.17, 15) is 9.90 Å². The molecule has 1 unspecified atom stereocenters. The van der Waals surface area contributed by atoms with Gasteiger partial charge in [-0.2, -0.15) is 4.98 Å². The highest BCUT2D eigenvalue weighted by Gasteiger charge is 2.29. The van der Waals surface area contributed by atoms with E-state index in [1.807, 2.05) is 0 Å². The van der Waals surface area contributed by atoms with Gasteiger partial charge in [0.25, 0.3) is 0 Å².